The first-order chi connectivity index (χ1) is 16.3. The van der Waals surface area contributed by atoms with Crippen molar-refractivity contribution in [3.8, 4) is 0 Å². The van der Waals surface area contributed by atoms with Crippen LogP contribution in [0.15, 0.2) is 0 Å². The molecule has 2 aliphatic rings. The molecule has 0 fully saturated rings. The van der Waals surface area contributed by atoms with Crippen molar-refractivity contribution < 1.29 is 27.8 Å². The number of hydrogen-bond acceptors (Lipinski definition) is 6. The van der Waals surface area contributed by atoms with Crippen LogP contribution in [-0.2, 0) is 43.3 Å². The number of halogens is 3. The molecule has 1 aliphatic heterocycles. The Kier molecular flexibility index (Phi) is 7.55. The maximum atomic E-state index is 13.7. The summed E-state index contributed by atoms with van der Waals surface area (Å²) in [6, 6.07) is -0.603. The van der Waals surface area contributed by atoms with Crippen LogP contribution in [0.25, 0.3) is 0 Å². The van der Waals surface area contributed by atoms with E-state index in [0.29, 0.717) is 40.5 Å². The number of aryl methyl sites for hydroxylation is 1. The summed E-state index contributed by atoms with van der Waals surface area (Å²) in [6.07, 6.45) is -1.47. The van der Waals surface area contributed by atoms with Gasteiger partial charge in [-0.2, -0.15) is 13.2 Å². The highest BCUT2D eigenvalue weighted by molar-refractivity contribution is 7.16. The van der Waals surface area contributed by atoms with Crippen LogP contribution in [0, 0.1) is 0 Å². The molecule has 0 spiro atoms. The van der Waals surface area contributed by atoms with Crippen molar-refractivity contribution in [3.05, 3.63) is 36.9 Å². The number of aliphatic hydroxyl groups is 1. The first kappa shape index (κ1) is 26.4. The standard InChI is InChI=1S/C24H32F3N3O3S2/c1-23(2,3)33-21(31)18-14-7-5-6-8-16(14)35-20(18)29-22(32)28-11-15-13-9-10-30(4)12-17(13)34-19(15)24(25,26)27/h21,31H,5-12H2,1-4H3,(H2,28,29,32). The number of fused-ring (bicyclic) bond motifs is 2. The van der Waals surface area contributed by atoms with Crippen molar-refractivity contribution in [1.29, 1.82) is 0 Å². The van der Waals surface area contributed by atoms with E-state index >= 15 is 0 Å². The van der Waals surface area contributed by atoms with Gasteiger partial charge in [-0.25, -0.2) is 4.79 Å². The minimum atomic E-state index is -4.47. The van der Waals surface area contributed by atoms with Crippen LogP contribution in [0.5, 0.6) is 0 Å². The van der Waals surface area contributed by atoms with Crippen molar-refractivity contribution in [2.75, 3.05) is 18.9 Å². The molecule has 1 unspecified atom stereocenters. The normalized spacial score (nSPS) is 17.6. The van der Waals surface area contributed by atoms with Crippen LogP contribution in [0.2, 0.25) is 0 Å². The molecule has 0 radical (unpaired) electrons. The lowest BCUT2D eigenvalue weighted by molar-refractivity contribution is -0.169. The van der Waals surface area contributed by atoms with E-state index in [2.05, 4.69) is 10.6 Å². The number of hydrogen-bond donors (Lipinski definition) is 3. The first-order valence-corrected chi connectivity index (χ1v) is 13.4. The molecule has 1 atom stereocenters. The van der Waals surface area contributed by atoms with Crippen LogP contribution < -0.4 is 10.6 Å². The Balaban J connectivity index is 1.54. The highest BCUT2D eigenvalue weighted by Gasteiger charge is 2.39. The van der Waals surface area contributed by atoms with Crippen LogP contribution >= 0.6 is 22.7 Å². The fourth-order valence-electron chi connectivity index (χ4n) is 4.67. The minimum Gasteiger partial charge on any atom is -0.364 e. The Morgan fingerprint density at radius 3 is 2.51 bits per heavy atom. The number of rotatable bonds is 5. The smallest absolute Gasteiger partial charge is 0.364 e. The lowest BCUT2D eigenvalue weighted by Crippen LogP contribution is -2.31. The zero-order valence-electron chi connectivity index (χ0n) is 20.4. The number of urea groups is 1. The highest BCUT2D eigenvalue weighted by atomic mass is 32.1. The SMILES string of the molecule is CN1CCc2c(sc(C(F)(F)F)c2CNC(=O)Nc2sc3c(c2C(O)OC(C)(C)C)CCCC3)C1. The molecule has 3 N–H and O–H groups in total. The minimum absolute atomic E-state index is 0.155. The molecule has 0 saturated carbocycles. The molecular weight excluding hydrogens is 499 g/mol. The van der Waals surface area contributed by atoms with Gasteiger partial charge >= 0.3 is 12.2 Å². The molecule has 11 heteroatoms. The van der Waals surface area contributed by atoms with Gasteiger partial charge in [-0.05, 0) is 76.6 Å². The summed E-state index contributed by atoms with van der Waals surface area (Å²) >= 11 is 2.18. The first-order valence-electron chi connectivity index (χ1n) is 11.8. The van der Waals surface area contributed by atoms with Crippen molar-refractivity contribution in [3.63, 3.8) is 0 Å². The van der Waals surface area contributed by atoms with E-state index in [9.17, 15) is 23.1 Å². The molecule has 2 amide bonds. The summed E-state index contributed by atoms with van der Waals surface area (Å²) in [5.41, 5.74) is 1.82. The van der Waals surface area contributed by atoms with E-state index in [4.69, 9.17) is 4.74 Å². The van der Waals surface area contributed by atoms with Crippen LogP contribution in [0.1, 0.15) is 76.8 Å². The maximum Gasteiger partial charge on any atom is 0.425 e. The highest BCUT2D eigenvalue weighted by Crippen LogP contribution is 2.44. The molecule has 4 rings (SSSR count). The predicted molar refractivity (Wildman–Crippen MR) is 132 cm³/mol. The number of nitrogens with one attached hydrogen (secondary N) is 2. The van der Waals surface area contributed by atoms with E-state index in [1.165, 1.54) is 11.3 Å². The summed E-state index contributed by atoms with van der Waals surface area (Å²) in [5, 5.41) is 16.7. The van der Waals surface area contributed by atoms with Gasteiger partial charge in [-0.15, -0.1) is 22.7 Å². The van der Waals surface area contributed by atoms with Gasteiger partial charge in [0.15, 0.2) is 6.29 Å². The average molecular weight is 532 g/mol. The molecule has 194 valence electrons. The Morgan fingerprint density at radius 2 is 1.83 bits per heavy atom. The van der Waals surface area contributed by atoms with Crippen molar-refractivity contribution in [2.24, 2.45) is 0 Å². The fourth-order valence-corrected chi connectivity index (χ4v) is 7.29. The van der Waals surface area contributed by atoms with Gasteiger partial charge in [0.05, 0.1) is 5.60 Å². The largest absolute Gasteiger partial charge is 0.425 e. The topological polar surface area (TPSA) is 73.8 Å². The average Bonchev–Trinajstić information content (AvgIpc) is 3.28. The lowest BCUT2D eigenvalue weighted by atomic mass is 9.95. The predicted octanol–water partition coefficient (Wildman–Crippen LogP) is 5.82. The summed E-state index contributed by atoms with van der Waals surface area (Å²) in [6.45, 7) is 6.46. The number of carbonyl (C=O) groups is 1. The molecular formula is C24H32F3N3O3S2. The molecule has 0 saturated heterocycles. The second kappa shape index (κ2) is 10.0. The van der Waals surface area contributed by atoms with Crippen molar-refractivity contribution in [1.82, 2.24) is 10.2 Å². The second-order valence-electron chi connectivity index (χ2n) is 10.1. The van der Waals surface area contributed by atoms with Crippen LogP contribution in [0.4, 0.5) is 23.0 Å². The number of thiophene rings is 2. The molecule has 0 aromatic carbocycles. The molecule has 1 aliphatic carbocycles. The van der Waals surface area contributed by atoms with E-state index in [1.54, 1.807) is 0 Å². The molecule has 6 nitrogen and oxygen atoms in total. The number of alkyl halides is 3. The number of likely N-dealkylation sites (N-methyl/N-ethyl adjacent to an activating group) is 1. The zero-order chi connectivity index (χ0) is 25.5. The zero-order valence-corrected chi connectivity index (χ0v) is 22.0. The van der Waals surface area contributed by atoms with E-state index < -0.39 is 29.0 Å². The second-order valence-corrected chi connectivity index (χ2v) is 12.4. The van der Waals surface area contributed by atoms with Gasteiger partial charge in [-0.3, -0.25) is 5.32 Å². The summed E-state index contributed by atoms with van der Waals surface area (Å²) in [7, 11) is 1.89. The monoisotopic (exact) mass is 531 g/mol. The number of amides is 2. The van der Waals surface area contributed by atoms with Gasteiger partial charge < -0.3 is 20.1 Å². The molecule has 2 aromatic heterocycles. The van der Waals surface area contributed by atoms with E-state index in [0.717, 1.165) is 47.5 Å². The van der Waals surface area contributed by atoms with Crippen LogP contribution in [0.3, 0.4) is 0 Å². The van der Waals surface area contributed by atoms with Crippen LogP contribution in [-0.4, -0.2) is 35.2 Å². The van der Waals surface area contributed by atoms with Gasteiger partial charge in [0.1, 0.15) is 9.88 Å². The van der Waals surface area contributed by atoms with Gasteiger partial charge in [0.2, 0.25) is 0 Å². The molecule has 0 bridgehead atoms. The Hall–Kier alpha value is -1.66. The van der Waals surface area contributed by atoms with Gasteiger partial charge in [0.25, 0.3) is 0 Å². The number of carbonyl (C=O) groups excluding carboxylic acids is 1. The maximum absolute atomic E-state index is 13.7. The third kappa shape index (κ3) is 6.02. The van der Waals surface area contributed by atoms with E-state index in [-0.39, 0.29) is 12.1 Å². The Labute approximate surface area is 211 Å². The number of nitrogens with zero attached hydrogens (tertiary/aromatic N) is 1. The number of ether oxygens (including phenoxy) is 1. The molecule has 35 heavy (non-hydrogen) atoms. The van der Waals surface area contributed by atoms with E-state index in [1.807, 2.05) is 32.7 Å². The number of anilines is 1. The Morgan fingerprint density at radius 1 is 1.11 bits per heavy atom. The lowest BCUT2D eigenvalue weighted by Gasteiger charge is -2.26. The quantitative estimate of drug-likeness (QED) is 0.425. The van der Waals surface area contributed by atoms with Gasteiger partial charge in [0, 0.05) is 35.0 Å². The third-order valence-corrected chi connectivity index (χ3v) is 8.72. The summed E-state index contributed by atoms with van der Waals surface area (Å²) < 4.78 is 47.0. The number of aliphatic hydroxyl groups excluding tert-OH is 1. The van der Waals surface area contributed by atoms with Crippen molar-refractivity contribution >= 4 is 33.7 Å². The Bertz CT molecular complexity index is 1090. The molecule has 2 aromatic rings. The van der Waals surface area contributed by atoms with Crippen molar-refractivity contribution in [2.45, 2.75) is 84.0 Å². The fraction of sp³-hybridized carbons (Fsp3) is 0.625. The van der Waals surface area contributed by atoms with Gasteiger partial charge in [-0.1, -0.05) is 0 Å². The summed E-state index contributed by atoms with van der Waals surface area (Å²) in [4.78, 5) is 16.0. The third-order valence-electron chi connectivity index (χ3n) is 6.19. The summed E-state index contributed by atoms with van der Waals surface area (Å²) in [5.74, 6) is 0. The molecule has 3 heterocycles.